The zero-order chi connectivity index (χ0) is 10.9. The van der Waals surface area contributed by atoms with Crippen LogP contribution >= 0.6 is 23.2 Å². The number of hydrogen-bond acceptors (Lipinski definition) is 1. The summed E-state index contributed by atoms with van der Waals surface area (Å²) in [4.78, 5) is 0. The summed E-state index contributed by atoms with van der Waals surface area (Å²) >= 11 is 12.0. The molecule has 0 heterocycles. The van der Waals surface area contributed by atoms with Crippen LogP contribution < -0.4 is 0 Å². The smallest absolute Gasteiger partial charge is 0.0867 e. The van der Waals surface area contributed by atoms with E-state index in [1.807, 2.05) is 20.8 Å². The van der Waals surface area contributed by atoms with Gasteiger partial charge in [0.25, 0.3) is 0 Å². The summed E-state index contributed by atoms with van der Waals surface area (Å²) in [5.41, 5.74) is 0.345. The van der Waals surface area contributed by atoms with Crippen LogP contribution in [0.15, 0.2) is 18.2 Å². The Bertz CT molecular complexity index is 308. The van der Waals surface area contributed by atoms with Crippen molar-refractivity contribution in [1.82, 2.24) is 0 Å². The number of benzene rings is 1. The Morgan fingerprint density at radius 2 is 1.57 bits per heavy atom. The third-order valence-electron chi connectivity index (χ3n) is 2.09. The second kappa shape index (κ2) is 4.09. The van der Waals surface area contributed by atoms with Gasteiger partial charge in [-0.2, -0.15) is 0 Å². The van der Waals surface area contributed by atoms with Gasteiger partial charge in [-0.05, 0) is 17.5 Å². The fourth-order valence-electron chi connectivity index (χ4n) is 1.20. The zero-order valence-electron chi connectivity index (χ0n) is 8.51. The van der Waals surface area contributed by atoms with Crippen LogP contribution in [-0.4, -0.2) is 5.11 Å². The standard InChI is InChI=1S/C11H14Cl2O/c1-11(2,3)10(14)9-7(12)5-4-6-8(9)13/h4-6,10,14H,1-3H3. The lowest BCUT2D eigenvalue weighted by atomic mass is 9.85. The van der Waals surface area contributed by atoms with Gasteiger partial charge in [-0.15, -0.1) is 0 Å². The molecule has 1 N–H and O–H groups in total. The Balaban J connectivity index is 3.19. The normalized spacial score (nSPS) is 14.1. The fourth-order valence-corrected chi connectivity index (χ4v) is 1.81. The summed E-state index contributed by atoms with van der Waals surface area (Å²) in [5.74, 6) is 0. The van der Waals surface area contributed by atoms with E-state index in [0.29, 0.717) is 15.6 Å². The maximum absolute atomic E-state index is 10.0. The van der Waals surface area contributed by atoms with E-state index in [0.717, 1.165) is 0 Å². The number of rotatable bonds is 1. The largest absolute Gasteiger partial charge is 0.388 e. The summed E-state index contributed by atoms with van der Waals surface area (Å²) in [5, 5.41) is 11.1. The van der Waals surface area contributed by atoms with E-state index in [-0.39, 0.29) is 5.41 Å². The van der Waals surface area contributed by atoms with E-state index in [1.165, 1.54) is 0 Å². The molecule has 3 heteroatoms. The van der Waals surface area contributed by atoms with E-state index < -0.39 is 6.10 Å². The highest BCUT2D eigenvalue weighted by Gasteiger charge is 2.27. The van der Waals surface area contributed by atoms with Gasteiger partial charge in [-0.1, -0.05) is 50.0 Å². The molecule has 0 aliphatic rings. The monoisotopic (exact) mass is 232 g/mol. The first kappa shape index (κ1) is 11.8. The summed E-state index contributed by atoms with van der Waals surface area (Å²) in [6, 6.07) is 5.24. The van der Waals surface area contributed by atoms with Crippen molar-refractivity contribution in [3.05, 3.63) is 33.8 Å². The molecule has 1 aromatic rings. The van der Waals surface area contributed by atoms with Gasteiger partial charge in [0.1, 0.15) is 0 Å². The summed E-state index contributed by atoms with van der Waals surface area (Å²) in [6.45, 7) is 5.83. The molecule has 1 atom stereocenters. The lowest BCUT2D eigenvalue weighted by Gasteiger charge is -2.27. The minimum Gasteiger partial charge on any atom is -0.388 e. The Morgan fingerprint density at radius 3 is 1.93 bits per heavy atom. The predicted octanol–water partition coefficient (Wildman–Crippen LogP) is 4.07. The average molecular weight is 233 g/mol. The van der Waals surface area contributed by atoms with Gasteiger partial charge in [-0.25, -0.2) is 0 Å². The summed E-state index contributed by atoms with van der Waals surface area (Å²) in [6.07, 6.45) is -0.649. The Hall–Kier alpha value is -0.240. The molecule has 0 fully saturated rings. The molecule has 1 nitrogen and oxygen atoms in total. The van der Waals surface area contributed by atoms with Crippen molar-refractivity contribution in [3.8, 4) is 0 Å². The van der Waals surface area contributed by atoms with Crippen LogP contribution in [-0.2, 0) is 0 Å². The maximum atomic E-state index is 10.0. The number of aliphatic hydroxyl groups is 1. The molecular formula is C11H14Cl2O. The molecular weight excluding hydrogens is 219 g/mol. The zero-order valence-corrected chi connectivity index (χ0v) is 10.0. The molecule has 1 aromatic carbocycles. The molecule has 1 rings (SSSR count). The van der Waals surface area contributed by atoms with E-state index in [1.54, 1.807) is 18.2 Å². The van der Waals surface area contributed by atoms with Crippen molar-refractivity contribution in [1.29, 1.82) is 0 Å². The van der Waals surface area contributed by atoms with Crippen molar-refractivity contribution in [2.45, 2.75) is 26.9 Å². The number of halogens is 2. The van der Waals surface area contributed by atoms with Crippen molar-refractivity contribution in [2.24, 2.45) is 5.41 Å². The van der Waals surface area contributed by atoms with Gasteiger partial charge in [-0.3, -0.25) is 0 Å². The molecule has 0 bridgehead atoms. The van der Waals surface area contributed by atoms with Crippen LogP contribution in [0, 0.1) is 5.41 Å². The van der Waals surface area contributed by atoms with Gasteiger partial charge < -0.3 is 5.11 Å². The second-order valence-electron chi connectivity index (χ2n) is 4.40. The highest BCUT2D eigenvalue weighted by atomic mass is 35.5. The SMILES string of the molecule is CC(C)(C)C(O)c1c(Cl)cccc1Cl. The minimum absolute atomic E-state index is 0.269. The molecule has 0 saturated carbocycles. The van der Waals surface area contributed by atoms with Crippen molar-refractivity contribution in [3.63, 3.8) is 0 Å². The lowest BCUT2D eigenvalue weighted by molar-refractivity contribution is 0.0628. The third kappa shape index (κ3) is 2.41. The molecule has 0 radical (unpaired) electrons. The van der Waals surface area contributed by atoms with Crippen LogP contribution in [0.3, 0.4) is 0 Å². The molecule has 0 spiro atoms. The number of aliphatic hydroxyl groups excluding tert-OH is 1. The Labute approximate surface area is 94.7 Å². The molecule has 0 amide bonds. The van der Waals surface area contributed by atoms with Crippen LogP contribution in [0.25, 0.3) is 0 Å². The summed E-state index contributed by atoms with van der Waals surface area (Å²) in [7, 11) is 0. The van der Waals surface area contributed by atoms with Crippen molar-refractivity contribution >= 4 is 23.2 Å². The first-order valence-electron chi connectivity index (χ1n) is 4.46. The van der Waals surface area contributed by atoms with Gasteiger partial charge in [0.2, 0.25) is 0 Å². The first-order chi connectivity index (χ1) is 6.34. The highest BCUT2D eigenvalue weighted by molar-refractivity contribution is 6.36. The van der Waals surface area contributed by atoms with Crippen LogP contribution in [0.5, 0.6) is 0 Å². The third-order valence-corrected chi connectivity index (χ3v) is 2.75. The van der Waals surface area contributed by atoms with Crippen molar-refractivity contribution < 1.29 is 5.11 Å². The van der Waals surface area contributed by atoms with E-state index >= 15 is 0 Å². The molecule has 1 unspecified atom stereocenters. The number of hydrogen-bond donors (Lipinski definition) is 1. The average Bonchev–Trinajstić information content (AvgIpc) is 2.01. The van der Waals surface area contributed by atoms with E-state index in [2.05, 4.69) is 0 Å². The van der Waals surface area contributed by atoms with Crippen LogP contribution in [0.2, 0.25) is 10.0 Å². The maximum Gasteiger partial charge on any atom is 0.0867 e. The molecule has 0 aliphatic carbocycles. The lowest BCUT2D eigenvalue weighted by Crippen LogP contribution is -2.18. The predicted molar refractivity (Wildman–Crippen MR) is 60.9 cm³/mol. The second-order valence-corrected chi connectivity index (χ2v) is 5.22. The van der Waals surface area contributed by atoms with Gasteiger partial charge >= 0.3 is 0 Å². The minimum atomic E-state index is -0.649. The van der Waals surface area contributed by atoms with Crippen molar-refractivity contribution in [2.75, 3.05) is 0 Å². The quantitative estimate of drug-likeness (QED) is 0.775. The van der Waals surface area contributed by atoms with Crippen LogP contribution in [0.4, 0.5) is 0 Å². The molecule has 0 aliphatic heterocycles. The topological polar surface area (TPSA) is 20.2 Å². The highest BCUT2D eigenvalue weighted by Crippen LogP contribution is 2.39. The molecule has 14 heavy (non-hydrogen) atoms. The molecule has 78 valence electrons. The Kier molecular flexibility index (Phi) is 3.46. The summed E-state index contributed by atoms with van der Waals surface area (Å²) < 4.78 is 0. The van der Waals surface area contributed by atoms with Gasteiger partial charge in [0.05, 0.1) is 6.10 Å². The molecule has 0 aromatic heterocycles. The molecule has 0 saturated heterocycles. The fraction of sp³-hybridized carbons (Fsp3) is 0.455. The van der Waals surface area contributed by atoms with E-state index in [4.69, 9.17) is 23.2 Å². The first-order valence-corrected chi connectivity index (χ1v) is 5.21. The Morgan fingerprint density at radius 1 is 1.14 bits per heavy atom. The van der Waals surface area contributed by atoms with Gasteiger partial charge in [0.15, 0.2) is 0 Å². The van der Waals surface area contributed by atoms with Gasteiger partial charge in [0, 0.05) is 15.6 Å². The van der Waals surface area contributed by atoms with Crippen LogP contribution in [0.1, 0.15) is 32.4 Å². The van der Waals surface area contributed by atoms with E-state index in [9.17, 15) is 5.11 Å².